The van der Waals surface area contributed by atoms with E-state index in [9.17, 15) is 9.59 Å². The first kappa shape index (κ1) is 17.3. The molecule has 6 nitrogen and oxygen atoms in total. The molecular weight excluding hydrogens is 420 g/mol. The van der Waals surface area contributed by atoms with Crippen molar-refractivity contribution in [2.24, 2.45) is 6.98 Å². The van der Waals surface area contributed by atoms with Crippen LogP contribution in [0.4, 0.5) is 5.13 Å². The van der Waals surface area contributed by atoms with Gasteiger partial charge in [-0.15, -0.1) is 0 Å². The Balaban J connectivity index is 1.49. The number of carbonyl (C=O) groups is 1. The molecule has 2 aromatic heterocycles. The number of hydrogen-bond acceptors (Lipinski definition) is 6. The Labute approximate surface area is 194 Å². The summed E-state index contributed by atoms with van der Waals surface area (Å²) in [5.74, 6) is 0.221. The lowest BCUT2D eigenvalue weighted by atomic mass is 10.0. The largest absolute Gasteiger partial charge is 0.338 e. The molecule has 7 heteroatoms. The Morgan fingerprint density at radius 3 is 2.62 bits per heavy atom. The van der Waals surface area contributed by atoms with E-state index in [0.717, 1.165) is 23.0 Å². The zero-order valence-electron chi connectivity index (χ0n) is 20.4. The van der Waals surface area contributed by atoms with E-state index in [0.29, 0.717) is 34.9 Å². The third kappa shape index (κ3) is 3.84. The summed E-state index contributed by atoms with van der Waals surface area (Å²) in [6, 6.07) is 18.4. The van der Waals surface area contributed by atoms with Gasteiger partial charge in [0.05, 0.1) is 6.04 Å². The van der Waals surface area contributed by atoms with Gasteiger partial charge in [-0.25, -0.2) is 9.97 Å². The van der Waals surface area contributed by atoms with Crippen molar-refractivity contribution < 1.29 is 8.91 Å². The fourth-order valence-corrected chi connectivity index (χ4v) is 5.18. The second kappa shape index (κ2) is 8.67. The van der Waals surface area contributed by atoms with Crippen molar-refractivity contribution in [2.45, 2.75) is 31.7 Å². The van der Waals surface area contributed by atoms with Crippen molar-refractivity contribution in [3.63, 3.8) is 0 Å². The smallest absolute Gasteiger partial charge is 0.281 e. The van der Waals surface area contributed by atoms with Gasteiger partial charge in [-0.2, -0.15) is 0 Å². The predicted molar refractivity (Wildman–Crippen MR) is 128 cm³/mol. The number of thiazole rings is 1. The highest BCUT2D eigenvalue weighted by atomic mass is 32.1. The highest BCUT2D eigenvalue weighted by Gasteiger charge is 2.32. The van der Waals surface area contributed by atoms with Gasteiger partial charge in [0.25, 0.3) is 5.56 Å². The molecule has 0 unspecified atom stereocenters. The van der Waals surface area contributed by atoms with Gasteiger partial charge in [-0.3, -0.25) is 14.2 Å². The summed E-state index contributed by atoms with van der Waals surface area (Å²) in [6.45, 7) is -2.06. The summed E-state index contributed by atoms with van der Waals surface area (Å²) in [5, 5.41) is 0.530. The Morgan fingerprint density at radius 2 is 1.88 bits per heavy atom. The standard InChI is InChI=1S/C25H24N4O2S/c1-28-22(18-11-6-3-7-12-18)27-23-21(24(28)31)26-25(32-23)29-16-8-13-19(29)20(30)15-14-17-9-4-2-5-10-17/h2-7,9-12,19H,8,13-16H2,1H3/t19-/m1/s1/i1D3. The molecule has 0 amide bonds. The number of hydrogen-bond donors (Lipinski definition) is 0. The van der Waals surface area contributed by atoms with Gasteiger partial charge in [0.15, 0.2) is 21.3 Å². The van der Waals surface area contributed by atoms with Crippen LogP contribution in [0.5, 0.6) is 0 Å². The number of aryl methyl sites for hydroxylation is 1. The molecule has 0 saturated carbocycles. The maximum Gasteiger partial charge on any atom is 0.281 e. The van der Waals surface area contributed by atoms with Crippen molar-refractivity contribution in [3.8, 4) is 11.4 Å². The van der Waals surface area contributed by atoms with Crippen LogP contribution in [0.25, 0.3) is 21.7 Å². The number of anilines is 1. The molecule has 0 aliphatic carbocycles. The van der Waals surface area contributed by atoms with Crippen molar-refractivity contribution in [1.29, 1.82) is 0 Å². The van der Waals surface area contributed by atoms with Gasteiger partial charge >= 0.3 is 0 Å². The van der Waals surface area contributed by atoms with E-state index >= 15 is 0 Å². The van der Waals surface area contributed by atoms with Gasteiger partial charge in [-0.1, -0.05) is 72.0 Å². The van der Waals surface area contributed by atoms with Gasteiger partial charge in [0.2, 0.25) is 0 Å². The molecular formula is C25H24N4O2S. The van der Waals surface area contributed by atoms with Crippen molar-refractivity contribution >= 4 is 32.6 Å². The second-order valence-corrected chi connectivity index (χ2v) is 8.85. The molecule has 0 radical (unpaired) electrons. The molecule has 1 aliphatic heterocycles. The third-order valence-corrected chi connectivity index (χ3v) is 6.81. The fourth-order valence-electron chi connectivity index (χ4n) is 4.18. The zero-order valence-corrected chi connectivity index (χ0v) is 18.2. The number of ketones is 1. The van der Waals surface area contributed by atoms with Crippen LogP contribution in [0.2, 0.25) is 0 Å². The summed E-state index contributed by atoms with van der Waals surface area (Å²) < 4.78 is 24.5. The molecule has 5 rings (SSSR count). The number of rotatable bonds is 6. The van der Waals surface area contributed by atoms with Crippen LogP contribution in [0.3, 0.4) is 0 Å². The lowest BCUT2D eigenvalue weighted by Gasteiger charge is -2.22. The predicted octanol–water partition coefficient (Wildman–Crippen LogP) is 4.23. The van der Waals surface area contributed by atoms with Crippen LogP contribution >= 0.6 is 11.3 Å². The molecule has 3 heterocycles. The molecule has 1 aliphatic rings. The molecule has 0 bridgehead atoms. The lowest BCUT2D eigenvalue weighted by Crippen LogP contribution is -2.36. The Morgan fingerprint density at radius 1 is 1.12 bits per heavy atom. The molecule has 0 spiro atoms. The lowest BCUT2D eigenvalue weighted by molar-refractivity contribution is -0.120. The summed E-state index contributed by atoms with van der Waals surface area (Å²) in [7, 11) is 0. The number of carbonyl (C=O) groups excluding carboxylic acids is 1. The van der Waals surface area contributed by atoms with E-state index < -0.39 is 12.5 Å². The average molecular weight is 448 g/mol. The molecule has 1 fully saturated rings. The summed E-state index contributed by atoms with van der Waals surface area (Å²) in [5.41, 5.74) is 0.964. The zero-order chi connectivity index (χ0) is 24.6. The highest BCUT2D eigenvalue weighted by molar-refractivity contribution is 7.21. The van der Waals surface area contributed by atoms with E-state index in [4.69, 9.17) is 4.11 Å². The van der Waals surface area contributed by atoms with Crippen LogP contribution in [0.15, 0.2) is 65.5 Å². The maximum absolute atomic E-state index is 13.3. The Kier molecular flexibility index (Phi) is 4.67. The van der Waals surface area contributed by atoms with E-state index in [1.165, 1.54) is 11.3 Å². The first-order chi connectivity index (χ1) is 16.8. The van der Waals surface area contributed by atoms with E-state index in [-0.39, 0.29) is 23.2 Å². The SMILES string of the molecule is [2H]C([2H])([2H])n1c(-c2ccccc2)nc2sc(N3CCC[C@@H]3C(=O)CCc3ccccc3)nc2c1=O. The highest BCUT2D eigenvalue weighted by Crippen LogP contribution is 2.33. The van der Waals surface area contributed by atoms with Crippen molar-refractivity contribution in [2.75, 3.05) is 11.4 Å². The Bertz CT molecular complexity index is 1420. The number of nitrogens with zero attached hydrogens (tertiary/aromatic N) is 4. The summed E-state index contributed by atoms with van der Waals surface area (Å²) in [4.78, 5) is 37.8. The van der Waals surface area contributed by atoms with E-state index in [1.54, 1.807) is 24.3 Å². The summed E-state index contributed by atoms with van der Waals surface area (Å²) >= 11 is 1.23. The molecule has 1 atom stereocenters. The van der Waals surface area contributed by atoms with Gasteiger partial charge in [0, 0.05) is 29.6 Å². The topological polar surface area (TPSA) is 68.1 Å². The van der Waals surface area contributed by atoms with Crippen LogP contribution in [-0.4, -0.2) is 32.9 Å². The minimum atomic E-state index is -2.71. The van der Waals surface area contributed by atoms with Crippen molar-refractivity contribution in [3.05, 3.63) is 76.6 Å². The van der Waals surface area contributed by atoms with Crippen LogP contribution in [-0.2, 0) is 18.2 Å². The third-order valence-electron chi connectivity index (χ3n) is 5.83. The minimum absolute atomic E-state index is 0.0168. The molecule has 2 aromatic carbocycles. The van der Waals surface area contributed by atoms with Gasteiger partial charge < -0.3 is 4.90 Å². The summed E-state index contributed by atoms with van der Waals surface area (Å²) in [6.07, 6.45) is 2.68. The Hall–Kier alpha value is -3.32. The van der Waals surface area contributed by atoms with Crippen molar-refractivity contribution in [1.82, 2.24) is 14.5 Å². The van der Waals surface area contributed by atoms with E-state index in [1.807, 2.05) is 41.3 Å². The van der Waals surface area contributed by atoms with Gasteiger partial charge in [0.1, 0.15) is 5.82 Å². The second-order valence-electron chi connectivity index (χ2n) is 7.90. The minimum Gasteiger partial charge on any atom is -0.338 e. The monoisotopic (exact) mass is 447 g/mol. The average Bonchev–Trinajstić information content (AvgIpc) is 3.50. The molecule has 4 aromatic rings. The molecule has 32 heavy (non-hydrogen) atoms. The normalized spacial score (nSPS) is 17.8. The molecule has 1 saturated heterocycles. The molecule has 0 N–H and O–H groups in total. The number of Topliss-reactive ketones (excluding diaryl/α,β-unsaturated/α-hetero) is 1. The van der Waals surface area contributed by atoms with E-state index in [2.05, 4.69) is 9.97 Å². The quantitative estimate of drug-likeness (QED) is 0.443. The fraction of sp³-hybridized carbons (Fsp3) is 0.280. The number of benzene rings is 2. The van der Waals surface area contributed by atoms with Crippen LogP contribution < -0.4 is 10.5 Å². The van der Waals surface area contributed by atoms with Gasteiger partial charge in [-0.05, 0) is 24.8 Å². The number of fused-ring (bicyclic) bond motifs is 1. The van der Waals surface area contributed by atoms with Crippen LogP contribution in [0, 0.1) is 0 Å². The van der Waals surface area contributed by atoms with Crippen LogP contribution in [0.1, 0.15) is 28.9 Å². The first-order valence-corrected chi connectivity index (χ1v) is 11.5. The number of aromatic nitrogens is 3. The maximum atomic E-state index is 13.3. The first-order valence-electron chi connectivity index (χ1n) is 12.2. The molecule has 162 valence electrons.